The second kappa shape index (κ2) is 3.80. The molecule has 0 heterocycles. The summed E-state index contributed by atoms with van der Waals surface area (Å²) in [6, 6.07) is 3.91. The second-order valence-electron chi connectivity index (χ2n) is 4.32. The molecule has 1 fully saturated rings. The first-order valence-electron chi connectivity index (χ1n) is 5.37. The van der Waals surface area contributed by atoms with Crippen LogP contribution in [0.15, 0.2) is 16.6 Å². The predicted molar refractivity (Wildman–Crippen MR) is 64.9 cm³/mol. The van der Waals surface area contributed by atoms with Crippen LogP contribution in [0.5, 0.6) is 5.75 Å². The van der Waals surface area contributed by atoms with Crippen molar-refractivity contribution in [3.8, 4) is 5.75 Å². The van der Waals surface area contributed by atoms with E-state index in [1.807, 2.05) is 19.1 Å². The van der Waals surface area contributed by atoms with Gasteiger partial charge in [0.05, 0.1) is 0 Å². The quantitative estimate of drug-likeness (QED) is 0.867. The number of hydrogen-bond acceptors (Lipinski definition) is 2. The molecule has 0 amide bonds. The first-order valence-corrected chi connectivity index (χ1v) is 6.17. The van der Waals surface area contributed by atoms with Gasteiger partial charge in [-0.3, -0.25) is 0 Å². The van der Waals surface area contributed by atoms with E-state index in [0.29, 0.717) is 5.75 Å². The lowest BCUT2D eigenvalue weighted by Crippen LogP contribution is -2.43. The van der Waals surface area contributed by atoms with Gasteiger partial charge in [-0.1, -0.05) is 22.9 Å². The third kappa shape index (κ3) is 1.79. The van der Waals surface area contributed by atoms with E-state index in [2.05, 4.69) is 15.9 Å². The summed E-state index contributed by atoms with van der Waals surface area (Å²) in [5.74, 6) is 0.392. The molecule has 0 aliphatic heterocycles. The van der Waals surface area contributed by atoms with E-state index in [1.54, 1.807) is 0 Å². The summed E-state index contributed by atoms with van der Waals surface area (Å²) < 4.78 is 1.00. The van der Waals surface area contributed by atoms with E-state index < -0.39 is 0 Å². The first kappa shape index (κ1) is 11.0. The first-order chi connectivity index (χ1) is 7.07. The molecule has 2 nitrogen and oxygen atoms in total. The van der Waals surface area contributed by atoms with Gasteiger partial charge < -0.3 is 10.8 Å². The number of phenolic OH excluding ortho intramolecular Hbond substituents is 1. The van der Waals surface area contributed by atoms with Crippen LogP contribution in [0.25, 0.3) is 0 Å². The number of halogens is 1. The molecule has 0 saturated heterocycles. The van der Waals surface area contributed by atoms with Gasteiger partial charge in [0.2, 0.25) is 0 Å². The molecule has 0 spiro atoms. The predicted octanol–water partition coefficient (Wildman–Crippen LogP) is 3.06. The van der Waals surface area contributed by atoms with Crippen LogP contribution in [0.2, 0.25) is 0 Å². The van der Waals surface area contributed by atoms with Crippen molar-refractivity contribution in [1.29, 1.82) is 0 Å². The molecule has 1 aromatic carbocycles. The monoisotopic (exact) mass is 269 g/mol. The number of benzene rings is 1. The molecule has 1 saturated carbocycles. The van der Waals surface area contributed by atoms with Crippen molar-refractivity contribution in [2.75, 3.05) is 0 Å². The highest BCUT2D eigenvalue weighted by Crippen LogP contribution is 2.44. The minimum atomic E-state index is -0.294. The van der Waals surface area contributed by atoms with Crippen molar-refractivity contribution in [3.63, 3.8) is 0 Å². The van der Waals surface area contributed by atoms with Gasteiger partial charge in [-0.15, -0.1) is 0 Å². The minimum absolute atomic E-state index is 0.294. The summed E-state index contributed by atoms with van der Waals surface area (Å²) in [5, 5.41) is 10.1. The molecular formula is C12H16BrNO. The summed E-state index contributed by atoms with van der Waals surface area (Å²) in [7, 11) is 0. The average molecular weight is 270 g/mol. The fourth-order valence-electron chi connectivity index (χ4n) is 2.13. The third-order valence-corrected chi connectivity index (χ3v) is 3.77. The van der Waals surface area contributed by atoms with E-state index in [-0.39, 0.29) is 5.54 Å². The number of aryl methyl sites for hydroxylation is 1. The average Bonchev–Trinajstić information content (AvgIpc) is 2.17. The summed E-state index contributed by atoms with van der Waals surface area (Å²) in [6.07, 6.45) is 3.93. The fraction of sp³-hybridized carbons (Fsp3) is 0.500. The van der Waals surface area contributed by atoms with Crippen molar-refractivity contribution >= 4 is 15.9 Å². The van der Waals surface area contributed by atoms with Crippen molar-refractivity contribution in [3.05, 3.63) is 27.7 Å². The molecule has 15 heavy (non-hydrogen) atoms. The Morgan fingerprint density at radius 1 is 1.47 bits per heavy atom. The maximum absolute atomic E-state index is 10.1. The number of nitrogens with two attached hydrogens (primary N) is 1. The number of phenols is 1. The van der Waals surface area contributed by atoms with Crippen LogP contribution >= 0.6 is 15.9 Å². The summed E-state index contributed by atoms with van der Waals surface area (Å²) in [5.41, 5.74) is 7.81. The Balaban J connectivity index is 2.50. The fourth-order valence-corrected chi connectivity index (χ4v) is 2.64. The van der Waals surface area contributed by atoms with Crippen LogP contribution in [0, 0.1) is 0 Å². The van der Waals surface area contributed by atoms with Crippen molar-refractivity contribution in [1.82, 2.24) is 0 Å². The Kier molecular flexibility index (Phi) is 2.77. The van der Waals surface area contributed by atoms with Gasteiger partial charge in [-0.2, -0.15) is 0 Å². The smallest absolute Gasteiger partial charge is 0.123 e. The molecule has 1 aromatic rings. The van der Waals surface area contributed by atoms with E-state index in [4.69, 9.17) is 5.73 Å². The molecule has 0 atom stereocenters. The van der Waals surface area contributed by atoms with Crippen LogP contribution < -0.4 is 5.73 Å². The molecule has 2 rings (SSSR count). The Hall–Kier alpha value is -0.540. The van der Waals surface area contributed by atoms with Gasteiger partial charge in [0.15, 0.2) is 0 Å². The van der Waals surface area contributed by atoms with Crippen molar-refractivity contribution in [2.45, 2.75) is 38.1 Å². The zero-order valence-electron chi connectivity index (χ0n) is 8.89. The van der Waals surface area contributed by atoms with Gasteiger partial charge in [0, 0.05) is 15.6 Å². The topological polar surface area (TPSA) is 46.2 Å². The Labute approximate surface area is 98.6 Å². The van der Waals surface area contributed by atoms with E-state index >= 15 is 0 Å². The van der Waals surface area contributed by atoms with Crippen LogP contribution in [-0.2, 0) is 12.0 Å². The largest absolute Gasteiger partial charge is 0.507 e. The highest BCUT2D eigenvalue weighted by molar-refractivity contribution is 9.10. The number of aromatic hydroxyl groups is 1. The zero-order valence-corrected chi connectivity index (χ0v) is 10.5. The lowest BCUT2D eigenvalue weighted by molar-refractivity contribution is 0.245. The molecule has 1 aliphatic rings. The summed E-state index contributed by atoms with van der Waals surface area (Å²) in [6.45, 7) is 2.04. The summed E-state index contributed by atoms with van der Waals surface area (Å²) in [4.78, 5) is 0. The highest BCUT2D eigenvalue weighted by atomic mass is 79.9. The van der Waals surface area contributed by atoms with Gasteiger partial charge >= 0.3 is 0 Å². The normalized spacial score (nSPS) is 18.6. The maximum Gasteiger partial charge on any atom is 0.123 e. The third-order valence-electron chi connectivity index (χ3n) is 3.32. The summed E-state index contributed by atoms with van der Waals surface area (Å²) >= 11 is 3.47. The number of rotatable bonds is 2. The maximum atomic E-state index is 10.1. The SMILES string of the molecule is CCc1cc(Br)cc(C2(N)CCC2)c1O. The van der Waals surface area contributed by atoms with Gasteiger partial charge in [0.1, 0.15) is 5.75 Å². The Morgan fingerprint density at radius 2 is 2.13 bits per heavy atom. The molecular weight excluding hydrogens is 254 g/mol. The van der Waals surface area contributed by atoms with E-state index in [9.17, 15) is 5.11 Å². The molecule has 3 N–H and O–H groups in total. The molecule has 3 heteroatoms. The Morgan fingerprint density at radius 3 is 2.60 bits per heavy atom. The van der Waals surface area contributed by atoms with Gasteiger partial charge in [0.25, 0.3) is 0 Å². The molecule has 0 radical (unpaired) electrons. The van der Waals surface area contributed by atoms with Crippen LogP contribution in [-0.4, -0.2) is 5.11 Å². The van der Waals surface area contributed by atoms with E-state index in [0.717, 1.165) is 41.3 Å². The molecule has 0 unspecified atom stereocenters. The van der Waals surface area contributed by atoms with E-state index in [1.165, 1.54) is 0 Å². The molecule has 0 aromatic heterocycles. The van der Waals surface area contributed by atoms with Crippen LogP contribution in [0.3, 0.4) is 0 Å². The second-order valence-corrected chi connectivity index (χ2v) is 5.24. The van der Waals surface area contributed by atoms with Crippen LogP contribution in [0.1, 0.15) is 37.3 Å². The zero-order chi connectivity index (χ0) is 11.1. The molecule has 82 valence electrons. The van der Waals surface area contributed by atoms with Crippen LogP contribution in [0.4, 0.5) is 0 Å². The van der Waals surface area contributed by atoms with Crippen molar-refractivity contribution in [2.24, 2.45) is 5.73 Å². The standard InChI is InChI=1S/C12H16BrNO/c1-2-8-6-9(13)7-10(11(8)15)12(14)4-3-5-12/h6-7,15H,2-5,14H2,1H3. The van der Waals surface area contributed by atoms with Gasteiger partial charge in [-0.25, -0.2) is 0 Å². The number of hydrogen-bond donors (Lipinski definition) is 2. The molecule has 0 bridgehead atoms. The Bertz CT molecular complexity index is 385. The van der Waals surface area contributed by atoms with Gasteiger partial charge in [-0.05, 0) is 43.4 Å². The highest BCUT2D eigenvalue weighted by Gasteiger charge is 2.37. The minimum Gasteiger partial charge on any atom is -0.507 e. The lowest BCUT2D eigenvalue weighted by atomic mass is 9.72. The lowest BCUT2D eigenvalue weighted by Gasteiger charge is -2.39. The molecule has 1 aliphatic carbocycles. The van der Waals surface area contributed by atoms with Crippen molar-refractivity contribution < 1.29 is 5.11 Å².